The average Bonchev–Trinajstić information content (AvgIpc) is 3.65. The molecule has 0 radical (unpaired) electrons. The van der Waals surface area contributed by atoms with Gasteiger partial charge in [0.15, 0.2) is 5.76 Å². The first-order valence-electron chi connectivity index (χ1n) is 10.2. The van der Waals surface area contributed by atoms with E-state index in [1.54, 1.807) is 48.7 Å². The maximum atomic E-state index is 6.16. The molecule has 1 aromatic carbocycles. The zero-order chi connectivity index (χ0) is 23.1. The highest BCUT2D eigenvalue weighted by Gasteiger charge is 2.17. The van der Waals surface area contributed by atoms with Gasteiger partial charge < -0.3 is 18.6 Å². The Hall–Kier alpha value is -3.96. The predicted octanol–water partition coefficient (Wildman–Crippen LogP) is 5.32. The third-order valence-corrected chi connectivity index (χ3v) is 6.92. The molecule has 0 fully saturated rings. The van der Waals surface area contributed by atoms with Crippen LogP contribution in [-0.2, 0) is 6.61 Å². The average molecular weight is 492 g/mol. The summed E-state index contributed by atoms with van der Waals surface area (Å²) >= 11 is 2.91. The van der Waals surface area contributed by atoms with Crippen LogP contribution in [0, 0.1) is 0 Å². The largest absolute Gasteiger partial charge is 0.496 e. The fraction of sp³-hybridized carbons (Fsp3) is 0.130. The number of hydrogen-bond acceptors (Lipinski definition) is 10. The van der Waals surface area contributed by atoms with E-state index < -0.39 is 0 Å². The van der Waals surface area contributed by atoms with Crippen LogP contribution < -0.4 is 14.2 Å². The first kappa shape index (κ1) is 20.6. The molecule has 5 heterocycles. The van der Waals surface area contributed by atoms with Gasteiger partial charge in [0.25, 0.3) is 5.19 Å². The van der Waals surface area contributed by atoms with E-state index in [1.165, 1.54) is 11.3 Å². The molecular weight excluding hydrogens is 474 g/mol. The number of pyridine rings is 1. The first-order valence-corrected chi connectivity index (χ1v) is 11.9. The lowest BCUT2D eigenvalue weighted by Crippen LogP contribution is -1.97. The standard InChI is InChI=1S/C23H17N5O4S2/c1-29-15-6-18(31-11-14-12-33-21(25-14)13-4-3-5-24-9-13)16-8-20(32-19(16)7-15)17-10-28-22(26-17)34-23(27-28)30-2/h3-10,12H,11H2,1-2H3. The summed E-state index contributed by atoms with van der Waals surface area (Å²) in [4.78, 5) is 14.2. The summed E-state index contributed by atoms with van der Waals surface area (Å²) in [6.07, 6.45) is 5.35. The SMILES string of the molecule is COc1cc(OCc2csc(-c3cccnc3)n2)c2cc(-c3cn4nc(OC)sc4n3)oc2c1. The third kappa shape index (κ3) is 3.74. The molecule has 0 saturated heterocycles. The number of benzene rings is 1. The van der Waals surface area contributed by atoms with Gasteiger partial charge in [0.1, 0.15) is 34.4 Å². The van der Waals surface area contributed by atoms with E-state index >= 15 is 0 Å². The molecular formula is C23H17N5O4S2. The molecule has 6 rings (SSSR count). The fourth-order valence-electron chi connectivity index (χ4n) is 3.48. The molecule has 6 aromatic rings. The molecule has 0 spiro atoms. The van der Waals surface area contributed by atoms with Crippen LogP contribution in [0.3, 0.4) is 0 Å². The van der Waals surface area contributed by atoms with Gasteiger partial charge in [-0.2, -0.15) is 0 Å². The van der Waals surface area contributed by atoms with Crippen LogP contribution in [0.5, 0.6) is 16.7 Å². The van der Waals surface area contributed by atoms with E-state index in [0.717, 1.165) is 21.7 Å². The van der Waals surface area contributed by atoms with Crippen molar-refractivity contribution >= 4 is 38.6 Å². The van der Waals surface area contributed by atoms with Crippen LogP contribution in [0.1, 0.15) is 5.69 Å². The fourth-order valence-corrected chi connectivity index (χ4v) is 4.97. The number of hydrogen-bond donors (Lipinski definition) is 0. The Morgan fingerprint density at radius 2 is 2.06 bits per heavy atom. The summed E-state index contributed by atoms with van der Waals surface area (Å²) < 4.78 is 24.5. The van der Waals surface area contributed by atoms with Gasteiger partial charge in [-0.3, -0.25) is 4.98 Å². The van der Waals surface area contributed by atoms with E-state index in [2.05, 4.69) is 20.1 Å². The molecule has 0 amide bonds. The molecule has 0 unspecified atom stereocenters. The minimum absolute atomic E-state index is 0.309. The van der Waals surface area contributed by atoms with Gasteiger partial charge in [0, 0.05) is 35.5 Å². The molecule has 0 aliphatic heterocycles. The Bertz CT molecular complexity index is 1570. The monoisotopic (exact) mass is 491 g/mol. The van der Waals surface area contributed by atoms with Crippen LogP contribution in [0.15, 0.2) is 58.7 Å². The Balaban J connectivity index is 1.30. The molecule has 0 aliphatic rings. The number of thiazole rings is 1. The molecule has 0 aliphatic carbocycles. The second-order valence-electron chi connectivity index (χ2n) is 7.25. The van der Waals surface area contributed by atoms with Crippen LogP contribution in [-0.4, -0.2) is 38.8 Å². The van der Waals surface area contributed by atoms with Crippen molar-refractivity contribution in [3.8, 4) is 38.7 Å². The molecule has 0 saturated carbocycles. The van der Waals surface area contributed by atoms with E-state index in [9.17, 15) is 0 Å². The van der Waals surface area contributed by atoms with Crippen LogP contribution in [0.4, 0.5) is 0 Å². The van der Waals surface area contributed by atoms with Gasteiger partial charge in [0.2, 0.25) is 4.96 Å². The highest BCUT2D eigenvalue weighted by atomic mass is 32.1. The lowest BCUT2D eigenvalue weighted by atomic mass is 10.2. The number of rotatable bonds is 7. The van der Waals surface area contributed by atoms with Gasteiger partial charge in [-0.05, 0) is 29.5 Å². The number of ether oxygens (including phenoxy) is 3. The summed E-state index contributed by atoms with van der Waals surface area (Å²) in [5.74, 6) is 1.88. The Kier molecular flexibility index (Phi) is 5.12. The lowest BCUT2D eigenvalue weighted by molar-refractivity contribution is 0.303. The van der Waals surface area contributed by atoms with Gasteiger partial charge in [-0.1, -0.05) is 0 Å². The molecule has 0 bridgehead atoms. The topological polar surface area (TPSA) is 96.8 Å². The molecule has 0 N–H and O–H groups in total. The molecule has 5 aromatic heterocycles. The Morgan fingerprint density at radius 3 is 2.85 bits per heavy atom. The van der Waals surface area contributed by atoms with Gasteiger partial charge >= 0.3 is 0 Å². The van der Waals surface area contributed by atoms with Crippen molar-refractivity contribution < 1.29 is 18.6 Å². The lowest BCUT2D eigenvalue weighted by Gasteiger charge is -2.07. The maximum absolute atomic E-state index is 6.16. The first-order chi connectivity index (χ1) is 16.7. The van der Waals surface area contributed by atoms with Gasteiger partial charge in [-0.15, -0.1) is 16.4 Å². The van der Waals surface area contributed by atoms with Crippen molar-refractivity contribution in [2.24, 2.45) is 0 Å². The zero-order valence-electron chi connectivity index (χ0n) is 18.1. The third-order valence-electron chi connectivity index (χ3n) is 5.10. The summed E-state index contributed by atoms with van der Waals surface area (Å²) in [7, 11) is 3.19. The smallest absolute Gasteiger partial charge is 0.294 e. The highest BCUT2D eigenvalue weighted by molar-refractivity contribution is 7.18. The predicted molar refractivity (Wildman–Crippen MR) is 129 cm³/mol. The van der Waals surface area contributed by atoms with Crippen LogP contribution in [0.2, 0.25) is 0 Å². The minimum Gasteiger partial charge on any atom is -0.496 e. The minimum atomic E-state index is 0.309. The van der Waals surface area contributed by atoms with Crippen molar-refractivity contribution in [1.29, 1.82) is 0 Å². The van der Waals surface area contributed by atoms with Crippen molar-refractivity contribution in [2.75, 3.05) is 14.2 Å². The van der Waals surface area contributed by atoms with Crippen molar-refractivity contribution in [3.63, 3.8) is 0 Å². The molecule has 11 heteroatoms. The van der Waals surface area contributed by atoms with Crippen molar-refractivity contribution in [3.05, 3.63) is 60.0 Å². The second kappa shape index (κ2) is 8.43. The van der Waals surface area contributed by atoms with Crippen molar-refractivity contribution in [1.82, 2.24) is 24.6 Å². The number of fused-ring (bicyclic) bond motifs is 2. The van der Waals surface area contributed by atoms with Gasteiger partial charge in [-0.25, -0.2) is 14.5 Å². The molecule has 170 valence electrons. The quantitative estimate of drug-likeness (QED) is 0.296. The highest BCUT2D eigenvalue weighted by Crippen LogP contribution is 2.37. The molecule has 0 atom stereocenters. The van der Waals surface area contributed by atoms with E-state index in [-0.39, 0.29) is 0 Å². The summed E-state index contributed by atoms with van der Waals surface area (Å²) in [6, 6.07) is 9.46. The second-order valence-corrected chi connectivity index (χ2v) is 9.02. The Morgan fingerprint density at radius 1 is 1.12 bits per heavy atom. The van der Waals surface area contributed by atoms with Crippen molar-refractivity contribution in [2.45, 2.75) is 6.61 Å². The molecule has 34 heavy (non-hydrogen) atoms. The number of furan rings is 1. The normalized spacial score (nSPS) is 11.4. The maximum Gasteiger partial charge on any atom is 0.294 e. The number of aromatic nitrogens is 5. The van der Waals surface area contributed by atoms with E-state index in [4.69, 9.17) is 18.6 Å². The number of nitrogens with zero attached hydrogens (tertiary/aromatic N) is 5. The Labute approximate surface area is 201 Å². The number of imidazole rings is 1. The summed E-state index contributed by atoms with van der Waals surface area (Å²) in [5.41, 5.74) is 3.12. The zero-order valence-corrected chi connectivity index (χ0v) is 19.7. The van der Waals surface area contributed by atoms with E-state index in [0.29, 0.717) is 45.3 Å². The summed E-state index contributed by atoms with van der Waals surface area (Å²) in [6.45, 7) is 0.309. The van der Waals surface area contributed by atoms with Crippen LogP contribution in [0.25, 0.3) is 38.0 Å². The van der Waals surface area contributed by atoms with Crippen LogP contribution >= 0.6 is 22.7 Å². The van der Waals surface area contributed by atoms with E-state index in [1.807, 2.05) is 35.7 Å². The molecule has 9 nitrogen and oxygen atoms in total. The summed E-state index contributed by atoms with van der Waals surface area (Å²) in [5, 5.41) is 8.57. The van der Waals surface area contributed by atoms with Gasteiger partial charge in [0.05, 0.1) is 31.5 Å². The number of methoxy groups -OCH3 is 2.